The van der Waals surface area contributed by atoms with Gasteiger partial charge in [0.1, 0.15) is 23.7 Å². The zero-order chi connectivity index (χ0) is 28.9. The minimum absolute atomic E-state index is 0.105. The number of aromatic nitrogens is 2. The third-order valence-corrected chi connectivity index (χ3v) is 7.15. The molecule has 0 spiro atoms. The maximum Gasteiger partial charge on any atom is 0.193 e. The Morgan fingerprint density at radius 1 is 0.881 bits per heavy atom. The van der Waals surface area contributed by atoms with E-state index in [0.717, 1.165) is 53.1 Å². The Hall–Kier alpha value is -4.88. The molecule has 2 N–H and O–H groups in total. The van der Waals surface area contributed by atoms with Crippen LogP contribution in [0.15, 0.2) is 108 Å². The standard InChI is InChI=1S/C34H28ClFN4O2/c1-22-18-32(37-17-7-10-23-8-3-2-4-9-23)42-33(22)24-13-15-29-26(19-24)34(39-21-38-29)40-25-14-16-30(27(35)20-25)41-31-12-6-5-11-28(31)36/h2-6,8-9,11-16,18-21,37H,7,10,17H2,1H3,(H,38,39,40). The molecule has 0 atom stereocenters. The van der Waals surface area contributed by atoms with Gasteiger partial charge >= 0.3 is 0 Å². The highest BCUT2D eigenvalue weighted by molar-refractivity contribution is 6.32. The van der Waals surface area contributed by atoms with Crippen LogP contribution in [0.5, 0.6) is 11.5 Å². The second kappa shape index (κ2) is 12.3. The van der Waals surface area contributed by atoms with E-state index in [0.29, 0.717) is 22.3 Å². The van der Waals surface area contributed by atoms with Crippen LogP contribution in [0.3, 0.4) is 0 Å². The SMILES string of the molecule is Cc1cc(NCCCc2ccccc2)oc1-c1ccc2ncnc(Nc3ccc(Oc4ccccc4F)c(Cl)c3)c2c1. The van der Waals surface area contributed by atoms with Crippen LogP contribution in [-0.2, 0) is 6.42 Å². The van der Waals surface area contributed by atoms with Crippen molar-refractivity contribution >= 4 is 39.9 Å². The molecule has 8 heteroatoms. The van der Waals surface area contributed by atoms with Crippen LogP contribution in [0.1, 0.15) is 17.5 Å². The lowest BCUT2D eigenvalue weighted by Gasteiger charge is -2.12. The van der Waals surface area contributed by atoms with Crippen LogP contribution in [0.4, 0.5) is 21.8 Å². The second-order valence-electron chi connectivity index (χ2n) is 9.90. The zero-order valence-electron chi connectivity index (χ0n) is 22.9. The first kappa shape index (κ1) is 27.3. The fraction of sp³-hybridized carbons (Fsp3) is 0.118. The van der Waals surface area contributed by atoms with Gasteiger partial charge in [-0.1, -0.05) is 54.1 Å². The molecule has 0 fully saturated rings. The number of hydrogen-bond acceptors (Lipinski definition) is 6. The number of nitrogens with zero attached hydrogens (tertiary/aromatic N) is 2. The predicted molar refractivity (Wildman–Crippen MR) is 166 cm³/mol. The molecular formula is C34H28ClFN4O2. The van der Waals surface area contributed by atoms with E-state index >= 15 is 0 Å². The Morgan fingerprint density at radius 3 is 2.55 bits per heavy atom. The highest BCUT2D eigenvalue weighted by Gasteiger charge is 2.14. The smallest absolute Gasteiger partial charge is 0.193 e. The van der Waals surface area contributed by atoms with Gasteiger partial charge in [-0.15, -0.1) is 0 Å². The van der Waals surface area contributed by atoms with E-state index in [4.69, 9.17) is 20.8 Å². The van der Waals surface area contributed by atoms with Crippen molar-refractivity contribution in [3.63, 3.8) is 0 Å². The Morgan fingerprint density at radius 2 is 1.71 bits per heavy atom. The van der Waals surface area contributed by atoms with E-state index in [-0.39, 0.29) is 5.75 Å². The third-order valence-electron chi connectivity index (χ3n) is 6.85. The Balaban J connectivity index is 1.18. The average molecular weight is 579 g/mol. The molecule has 0 unspecified atom stereocenters. The summed E-state index contributed by atoms with van der Waals surface area (Å²) >= 11 is 6.48. The Kier molecular flexibility index (Phi) is 8.01. The lowest BCUT2D eigenvalue weighted by atomic mass is 10.1. The van der Waals surface area contributed by atoms with E-state index in [9.17, 15) is 4.39 Å². The molecule has 0 bridgehead atoms. The van der Waals surface area contributed by atoms with E-state index in [1.807, 2.05) is 37.3 Å². The Labute approximate surface area is 248 Å². The molecule has 0 amide bonds. The summed E-state index contributed by atoms with van der Waals surface area (Å²) < 4.78 is 25.9. The molecular weight excluding hydrogens is 551 g/mol. The molecule has 0 aliphatic carbocycles. The van der Waals surface area contributed by atoms with E-state index < -0.39 is 5.82 Å². The number of halogens is 2. The summed E-state index contributed by atoms with van der Waals surface area (Å²) in [7, 11) is 0. The summed E-state index contributed by atoms with van der Waals surface area (Å²) in [5.74, 6) is 2.13. The molecule has 2 aromatic heterocycles. The molecule has 0 saturated carbocycles. The van der Waals surface area contributed by atoms with Gasteiger partial charge in [0.2, 0.25) is 0 Å². The highest BCUT2D eigenvalue weighted by atomic mass is 35.5. The number of anilines is 3. The molecule has 6 rings (SSSR count). The van der Waals surface area contributed by atoms with E-state index in [2.05, 4.69) is 44.9 Å². The quantitative estimate of drug-likeness (QED) is 0.158. The molecule has 4 aromatic carbocycles. The first-order valence-electron chi connectivity index (χ1n) is 13.7. The van der Waals surface area contributed by atoms with Crippen LogP contribution >= 0.6 is 11.6 Å². The number of fused-ring (bicyclic) bond motifs is 1. The van der Waals surface area contributed by atoms with Gasteiger partial charge in [0.15, 0.2) is 17.5 Å². The van der Waals surface area contributed by atoms with Gasteiger partial charge in [-0.2, -0.15) is 0 Å². The fourth-order valence-electron chi connectivity index (χ4n) is 4.75. The van der Waals surface area contributed by atoms with Crippen molar-refractivity contribution < 1.29 is 13.5 Å². The topological polar surface area (TPSA) is 72.2 Å². The normalized spacial score (nSPS) is 11.0. The van der Waals surface area contributed by atoms with Crippen molar-refractivity contribution in [1.29, 1.82) is 0 Å². The summed E-state index contributed by atoms with van der Waals surface area (Å²) in [4.78, 5) is 8.91. The van der Waals surface area contributed by atoms with Gasteiger partial charge in [-0.3, -0.25) is 0 Å². The molecule has 6 aromatic rings. The number of benzene rings is 4. The van der Waals surface area contributed by atoms with Crippen molar-refractivity contribution in [3.8, 4) is 22.8 Å². The van der Waals surface area contributed by atoms with Gasteiger partial charge in [0.25, 0.3) is 0 Å². The van der Waals surface area contributed by atoms with Gasteiger partial charge in [-0.25, -0.2) is 14.4 Å². The minimum Gasteiger partial charge on any atom is -0.453 e. The van der Waals surface area contributed by atoms with Gasteiger partial charge in [0.05, 0.1) is 10.5 Å². The number of rotatable bonds is 10. The monoisotopic (exact) mass is 578 g/mol. The number of hydrogen-bond donors (Lipinski definition) is 2. The van der Waals surface area contributed by atoms with E-state index in [1.165, 1.54) is 18.0 Å². The average Bonchev–Trinajstić information content (AvgIpc) is 3.38. The number of aryl methyl sites for hydroxylation is 2. The molecule has 0 radical (unpaired) electrons. The van der Waals surface area contributed by atoms with Gasteiger partial charge in [0, 0.05) is 29.2 Å². The van der Waals surface area contributed by atoms with Crippen molar-refractivity contribution in [2.24, 2.45) is 0 Å². The first-order chi connectivity index (χ1) is 20.5. The van der Waals surface area contributed by atoms with Crippen LogP contribution < -0.4 is 15.4 Å². The van der Waals surface area contributed by atoms with Crippen LogP contribution in [0, 0.1) is 12.7 Å². The summed E-state index contributed by atoms with van der Waals surface area (Å²) in [6.45, 7) is 2.85. The molecule has 0 aliphatic heterocycles. The van der Waals surface area contributed by atoms with Gasteiger partial charge < -0.3 is 19.8 Å². The fourth-order valence-corrected chi connectivity index (χ4v) is 4.97. The van der Waals surface area contributed by atoms with Crippen molar-refractivity contribution in [3.05, 3.63) is 125 Å². The summed E-state index contributed by atoms with van der Waals surface area (Å²) in [5.41, 5.74) is 4.76. The molecule has 0 aliphatic rings. The first-order valence-corrected chi connectivity index (χ1v) is 14.0. The van der Waals surface area contributed by atoms with Crippen molar-refractivity contribution in [2.45, 2.75) is 19.8 Å². The van der Waals surface area contributed by atoms with Crippen LogP contribution in [-0.4, -0.2) is 16.5 Å². The van der Waals surface area contributed by atoms with E-state index in [1.54, 1.807) is 36.4 Å². The van der Waals surface area contributed by atoms with Crippen LogP contribution in [0.25, 0.3) is 22.2 Å². The predicted octanol–water partition coefficient (Wildman–Crippen LogP) is 9.57. The number of ether oxygens (including phenoxy) is 1. The molecule has 6 nitrogen and oxygen atoms in total. The summed E-state index contributed by atoms with van der Waals surface area (Å²) in [6.07, 6.45) is 3.52. The molecule has 0 saturated heterocycles. The molecule has 2 heterocycles. The lowest BCUT2D eigenvalue weighted by molar-refractivity contribution is 0.442. The number of para-hydroxylation sites is 1. The zero-order valence-corrected chi connectivity index (χ0v) is 23.7. The van der Waals surface area contributed by atoms with Gasteiger partial charge in [-0.05, 0) is 79.4 Å². The highest BCUT2D eigenvalue weighted by Crippen LogP contribution is 2.36. The minimum atomic E-state index is -0.461. The number of nitrogens with one attached hydrogen (secondary N) is 2. The maximum atomic E-state index is 14.0. The maximum absolute atomic E-state index is 14.0. The summed E-state index contributed by atoms with van der Waals surface area (Å²) in [6, 6.07) is 29.8. The van der Waals surface area contributed by atoms with Crippen molar-refractivity contribution in [1.82, 2.24) is 9.97 Å². The second-order valence-corrected chi connectivity index (χ2v) is 10.3. The molecule has 42 heavy (non-hydrogen) atoms. The van der Waals surface area contributed by atoms with Crippen LogP contribution in [0.2, 0.25) is 5.02 Å². The molecule has 210 valence electrons. The number of furan rings is 1. The Bertz CT molecular complexity index is 1840. The third kappa shape index (κ3) is 6.21. The largest absolute Gasteiger partial charge is 0.453 e. The summed E-state index contributed by atoms with van der Waals surface area (Å²) in [5, 5.41) is 7.89. The lowest BCUT2D eigenvalue weighted by Crippen LogP contribution is -2.01. The van der Waals surface area contributed by atoms with Crippen molar-refractivity contribution in [2.75, 3.05) is 17.2 Å².